The van der Waals surface area contributed by atoms with Crippen LogP contribution in [0.5, 0.6) is 0 Å². The van der Waals surface area contributed by atoms with E-state index in [9.17, 15) is 22.4 Å². The van der Waals surface area contributed by atoms with E-state index in [0.717, 1.165) is 18.2 Å². The maximum atomic E-state index is 13.5. The van der Waals surface area contributed by atoms with Gasteiger partial charge in [-0.2, -0.15) is 0 Å². The van der Waals surface area contributed by atoms with E-state index in [0.29, 0.717) is 12.1 Å². The SMILES string of the molecule is Nc1cc(C(=O)c2ccc(F)c(F)c2)c(F)cc1F. The van der Waals surface area contributed by atoms with Gasteiger partial charge in [0.25, 0.3) is 0 Å². The first-order chi connectivity index (χ1) is 8.90. The van der Waals surface area contributed by atoms with Crippen molar-refractivity contribution in [2.75, 3.05) is 5.73 Å². The van der Waals surface area contributed by atoms with Gasteiger partial charge in [0.15, 0.2) is 17.4 Å². The van der Waals surface area contributed by atoms with Crippen LogP contribution in [0.15, 0.2) is 30.3 Å². The highest BCUT2D eigenvalue weighted by Crippen LogP contribution is 2.20. The number of carbonyl (C=O) groups is 1. The molecule has 0 heterocycles. The highest BCUT2D eigenvalue weighted by Gasteiger charge is 2.18. The lowest BCUT2D eigenvalue weighted by molar-refractivity contribution is 0.103. The maximum absolute atomic E-state index is 13.5. The fraction of sp³-hybridized carbons (Fsp3) is 0. The average molecular weight is 269 g/mol. The van der Waals surface area contributed by atoms with E-state index in [1.807, 2.05) is 0 Å². The van der Waals surface area contributed by atoms with Gasteiger partial charge in [-0.1, -0.05) is 0 Å². The number of halogens is 4. The van der Waals surface area contributed by atoms with Crippen molar-refractivity contribution in [1.29, 1.82) is 0 Å². The van der Waals surface area contributed by atoms with Gasteiger partial charge in [0.2, 0.25) is 0 Å². The Kier molecular flexibility index (Phi) is 3.25. The van der Waals surface area contributed by atoms with Crippen molar-refractivity contribution < 1.29 is 22.4 Å². The van der Waals surface area contributed by atoms with Crippen molar-refractivity contribution >= 4 is 11.5 Å². The summed E-state index contributed by atoms with van der Waals surface area (Å²) in [5.74, 6) is -5.40. The molecular weight excluding hydrogens is 262 g/mol. The Balaban J connectivity index is 2.49. The van der Waals surface area contributed by atoms with E-state index in [-0.39, 0.29) is 5.56 Å². The van der Waals surface area contributed by atoms with Crippen LogP contribution in [0.4, 0.5) is 23.2 Å². The van der Waals surface area contributed by atoms with Crippen molar-refractivity contribution in [2.24, 2.45) is 0 Å². The fourth-order valence-electron chi connectivity index (χ4n) is 1.53. The van der Waals surface area contributed by atoms with Crippen LogP contribution in [0.2, 0.25) is 0 Å². The minimum Gasteiger partial charge on any atom is -0.396 e. The Labute approximate surface area is 105 Å². The van der Waals surface area contributed by atoms with Gasteiger partial charge in [0, 0.05) is 11.6 Å². The number of hydrogen-bond acceptors (Lipinski definition) is 2. The third kappa shape index (κ3) is 2.42. The molecule has 2 aromatic carbocycles. The molecule has 2 N–H and O–H groups in total. The minimum absolute atomic E-state index is 0.260. The zero-order valence-electron chi connectivity index (χ0n) is 9.38. The van der Waals surface area contributed by atoms with Crippen LogP contribution in [0.25, 0.3) is 0 Å². The lowest BCUT2D eigenvalue weighted by atomic mass is 10.0. The van der Waals surface area contributed by atoms with Crippen molar-refractivity contribution in [1.82, 2.24) is 0 Å². The van der Waals surface area contributed by atoms with Crippen LogP contribution < -0.4 is 5.73 Å². The van der Waals surface area contributed by atoms with Gasteiger partial charge < -0.3 is 5.73 Å². The van der Waals surface area contributed by atoms with E-state index in [4.69, 9.17) is 5.73 Å². The van der Waals surface area contributed by atoms with Crippen LogP contribution in [0.1, 0.15) is 15.9 Å². The van der Waals surface area contributed by atoms with Gasteiger partial charge in [0.1, 0.15) is 11.6 Å². The maximum Gasteiger partial charge on any atom is 0.196 e. The molecular formula is C13H7F4NO. The fourth-order valence-corrected chi connectivity index (χ4v) is 1.53. The molecule has 6 heteroatoms. The molecule has 0 unspecified atom stereocenters. The van der Waals surface area contributed by atoms with Gasteiger partial charge in [-0.05, 0) is 24.3 Å². The van der Waals surface area contributed by atoms with Gasteiger partial charge in [0.05, 0.1) is 11.3 Å². The Bertz CT molecular complexity index is 670. The molecule has 0 aliphatic rings. The first-order valence-corrected chi connectivity index (χ1v) is 5.14. The van der Waals surface area contributed by atoms with Crippen LogP contribution in [-0.2, 0) is 0 Å². The van der Waals surface area contributed by atoms with E-state index in [1.54, 1.807) is 0 Å². The smallest absolute Gasteiger partial charge is 0.196 e. The van der Waals surface area contributed by atoms with E-state index >= 15 is 0 Å². The summed E-state index contributed by atoms with van der Waals surface area (Å²) in [6.07, 6.45) is 0. The Hall–Kier alpha value is -2.37. The molecule has 0 aliphatic heterocycles. The minimum atomic E-state index is -1.23. The molecule has 0 radical (unpaired) electrons. The largest absolute Gasteiger partial charge is 0.396 e. The molecule has 2 aromatic rings. The van der Waals surface area contributed by atoms with Crippen molar-refractivity contribution in [3.63, 3.8) is 0 Å². The number of carbonyl (C=O) groups excluding carboxylic acids is 1. The number of nitrogens with two attached hydrogens (primary N) is 1. The predicted octanol–water partition coefficient (Wildman–Crippen LogP) is 3.06. The Morgan fingerprint density at radius 2 is 1.53 bits per heavy atom. The number of nitrogen functional groups attached to an aromatic ring is 1. The average Bonchev–Trinajstić information content (AvgIpc) is 2.36. The van der Waals surface area contributed by atoms with Gasteiger partial charge in [-0.15, -0.1) is 0 Å². The summed E-state index contributed by atoms with van der Waals surface area (Å²) in [4.78, 5) is 11.9. The number of hydrogen-bond donors (Lipinski definition) is 1. The third-order valence-electron chi connectivity index (χ3n) is 2.51. The topological polar surface area (TPSA) is 43.1 Å². The molecule has 0 saturated carbocycles. The van der Waals surface area contributed by atoms with Crippen molar-refractivity contribution in [2.45, 2.75) is 0 Å². The van der Waals surface area contributed by atoms with Gasteiger partial charge in [-0.3, -0.25) is 4.79 Å². The zero-order chi connectivity index (χ0) is 14.2. The molecule has 98 valence electrons. The van der Waals surface area contributed by atoms with Gasteiger partial charge in [-0.25, -0.2) is 17.6 Å². The van der Waals surface area contributed by atoms with Crippen molar-refractivity contribution in [3.05, 3.63) is 64.7 Å². The first kappa shape index (κ1) is 13.1. The second-order valence-electron chi connectivity index (χ2n) is 3.81. The normalized spacial score (nSPS) is 10.5. The molecule has 0 atom stereocenters. The van der Waals surface area contributed by atoms with Crippen LogP contribution in [0.3, 0.4) is 0 Å². The van der Waals surface area contributed by atoms with Gasteiger partial charge >= 0.3 is 0 Å². The highest BCUT2D eigenvalue weighted by atomic mass is 19.2. The molecule has 0 spiro atoms. The van der Waals surface area contributed by atoms with Crippen LogP contribution in [-0.4, -0.2) is 5.78 Å². The van der Waals surface area contributed by atoms with E-state index in [1.165, 1.54) is 0 Å². The summed E-state index contributed by atoms with van der Waals surface area (Å²) in [5, 5.41) is 0. The predicted molar refractivity (Wildman–Crippen MR) is 60.6 cm³/mol. The highest BCUT2D eigenvalue weighted by molar-refractivity contribution is 6.09. The Morgan fingerprint density at radius 3 is 2.16 bits per heavy atom. The summed E-state index contributed by atoms with van der Waals surface area (Å²) in [5.41, 5.74) is 4.05. The summed E-state index contributed by atoms with van der Waals surface area (Å²) in [7, 11) is 0. The third-order valence-corrected chi connectivity index (χ3v) is 2.51. The number of anilines is 1. The second kappa shape index (κ2) is 4.72. The zero-order valence-corrected chi connectivity index (χ0v) is 9.38. The summed E-state index contributed by atoms with van der Waals surface area (Å²) in [6, 6.07) is 3.65. The molecule has 19 heavy (non-hydrogen) atoms. The van der Waals surface area contributed by atoms with Crippen molar-refractivity contribution in [3.8, 4) is 0 Å². The second-order valence-corrected chi connectivity index (χ2v) is 3.81. The number of benzene rings is 2. The lowest BCUT2D eigenvalue weighted by Crippen LogP contribution is -2.07. The van der Waals surface area contributed by atoms with E-state index in [2.05, 4.69) is 0 Å². The first-order valence-electron chi connectivity index (χ1n) is 5.14. The standard InChI is InChI=1S/C13H7F4NO/c14-8-2-1-6(3-10(8)16)13(19)7-4-12(18)11(17)5-9(7)15/h1-5H,18H2. The molecule has 0 aromatic heterocycles. The summed E-state index contributed by atoms with van der Waals surface area (Å²) < 4.78 is 52.1. The molecule has 2 nitrogen and oxygen atoms in total. The van der Waals surface area contributed by atoms with E-state index < -0.39 is 40.3 Å². The monoisotopic (exact) mass is 269 g/mol. The summed E-state index contributed by atoms with van der Waals surface area (Å²) in [6.45, 7) is 0. The Morgan fingerprint density at radius 1 is 0.842 bits per heavy atom. The molecule has 0 saturated heterocycles. The summed E-state index contributed by atoms with van der Waals surface area (Å²) >= 11 is 0. The van der Waals surface area contributed by atoms with Crippen LogP contribution in [0, 0.1) is 23.3 Å². The number of ketones is 1. The molecule has 0 amide bonds. The molecule has 2 rings (SSSR count). The van der Waals surface area contributed by atoms with Crippen LogP contribution >= 0.6 is 0 Å². The lowest BCUT2D eigenvalue weighted by Gasteiger charge is -2.05. The number of rotatable bonds is 2. The molecule has 0 bridgehead atoms. The molecule has 0 fully saturated rings. The molecule has 0 aliphatic carbocycles. The quantitative estimate of drug-likeness (QED) is 0.517.